The Bertz CT molecular complexity index is 790. The lowest BCUT2D eigenvalue weighted by atomic mass is 10.1. The van der Waals surface area contributed by atoms with Crippen molar-refractivity contribution in [2.45, 2.75) is 0 Å². The minimum absolute atomic E-state index is 0.0672. The fourth-order valence-corrected chi connectivity index (χ4v) is 2.03. The summed E-state index contributed by atoms with van der Waals surface area (Å²) in [7, 11) is 2.59. The zero-order valence-corrected chi connectivity index (χ0v) is 12.6. The third kappa shape index (κ3) is 3.57. The Morgan fingerprint density at radius 2 is 1.58 bits per heavy atom. The van der Waals surface area contributed by atoms with Crippen LogP contribution in [0.2, 0.25) is 0 Å². The molecule has 0 saturated carbocycles. The molecule has 0 unspecified atom stereocenters. The van der Waals surface area contributed by atoms with Crippen LogP contribution in [0.15, 0.2) is 30.3 Å². The van der Waals surface area contributed by atoms with E-state index in [1.54, 1.807) is 0 Å². The molecule has 2 aromatic carbocycles. The van der Waals surface area contributed by atoms with Crippen molar-refractivity contribution in [3.05, 3.63) is 57.6 Å². The summed E-state index contributed by atoms with van der Waals surface area (Å²) in [6.45, 7) is 0. The molecular weight excluding hydrogens is 326 g/mol. The van der Waals surface area contributed by atoms with Crippen molar-refractivity contribution in [1.29, 1.82) is 0 Å². The van der Waals surface area contributed by atoms with Gasteiger partial charge in [0.2, 0.25) is 0 Å². The molecule has 0 aliphatic carbocycles. The first-order valence-corrected chi connectivity index (χ1v) is 6.53. The molecule has 7 nitrogen and oxygen atoms in total. The fraction of sp³-hybridized carbons (Fsp3) is 0.133. The Balaban J connectivity index is 2.45. The zero-order chi connectivity index (χ0) is 17.9. The fourth-order valence-electron chi connectivity index (χ4n) is 2.03. The molecule has 1 N–H and O–H groups in total. The molecule has 24 heavy (non-hydrogen) atoms. The summed E-state index contributed by atoms with van der Waals surface area (Å²) >= 11 is 0. The largest absolute Gasteiger partial charge is 0.493 e. The van der Waals surface area contributed by atoms with Crippen LogP contribution in [0.5, 0.6) is 11.5 Å². The van der Waals surface area contributed by atoms with E-state index in [0.29, 0.717) is 6.07 Å². The van der Waals surface area contributed by atoms with Gasteiger partial charge in [0.05, 0.1) is 25.2 Å². The molecule has 9 heteroatoms. The molecule has 2 rings (SSSR count). The highest BCUT2D eigenvalue weighted by Gasteiger charge is 2.24. The number of carbonyl (C=O) groups is 1. The number of methoxy groups -OCH3 is 2. The van der Waals surface area contributed by atoms with E-state index in [0.717, 1.165) is 24.3 Å². The number of hydrogen-bond acceptors (Lipinski definition) is 5. The van der Waals surface area contributed by atoms with Crippen molar-refractivity contribution in [3.63, 3.8) is 0 Å². The average Bonchev–Trinajstić information content (AvgIpc) is 2.52. The summed E-state index contributed by atoms with van der Waals surface area (Å²) in [5, 5.41) is 13.4. The lowest BCUT2D eigenvalue weighted by Crippen LogP contribution is -2.14. The number of nitro groups is 1. The Hall–Kier alpha value is -3.23. The van der Waals surface area contributed by atoms with Gasteiger partial charge in [-0.3, -0.25) is 14.9 Å². The summed E-state index contributed by atoms with van der Waals surface area (Å²) in [6.07, 6.45) is 0. The first kappa shape index (κ1) is 17.1. The minimum Gasteiger partial charge on any atom is -0.493 e. The molecule has 0 spiro atoms. The van der Waals surface area contributed by atoms with E-state index in [9.17, 15) is 23.7 Å². The number of benzene rings is 2. The van der Waals surface area contributed by atoms with Gasteiger partial charge in [0.25, 0.3) is 11.6 Å². The number of halogens is 2. The number of carbonyl (C=O) groups excluding carboxylic acids is 1. The van der Waals surface area contributed by atoms with Crippen molar-refractivity contribution in [3.8, 4) is 11.5 Å². The molecule has 0 aliphatic heterocycles. The number of nitrogens with one attached hydrogen (secondary N) is 1. The van der Waals surface area contributed by atoms with E-state index in [2.05, 4.69) is 5.32 Å². The van der Waals surface area contributed by atoms with Crippen LogP contribution in [0.3, 0.4) is 0 Å². The van der Waals surface area contributed by atoms with Gasteiger partial charge in [0.1, 0.15) is 17.2 Å². The number of amides is 1. The molecule has 0 radical (unpaired) electrons. The van der Waals surface area contributed by atoms with E-state index in [-0.39, 0.29) is 22.7 Å². The molecule has 1 amide bonds. The van der Waals surface area contributed by atoms with Crippen LogP contribution in [0, 0.1) is 21.7 Å². The van der Waals surface area contributed by atoms with Crippen LogP contribution in [0.1, 0.15) is 10.4 Å². The molecule has 0 aromatic heterocycles. The molecule has 0 bridgehead atoms. The molecule has 0 aliphatic rings. The number of anilines is 1. The van der Waals surface area contributed by atoms with Crippen molar-refractivity contribution in [1.82, 2.24) is 0 Å². The highest BCUT2D eigenvalue weighted by atomic mass is 19.1. The number of hydrogen-bond donors (Lipinski definition) is 1. The Kier molecular flexibility index (Phi) is 4.93. The number of ether oxygens (including phenoxy) is 2. The second-order valence-electron chi connectivity index (χ2n) is 4.59. The topological polar surface area (TPSA) is 90.7 Å². The maximum atomic E-state index is 13.2. The van der Waals surface area contributed by atoms with Crippen molar-refractivity contribution in [2.75, 3.05) is 19.5 Å². The summed E-state index contributed by atoms with van der Waals surface area (Å²) in [6, 6.07) is 4.54. The van der Waals surface area contributed by atoms with E-state index in [1.807, 2.05) is 0 Å². The molecule has 2 aromatic rings. The highest BCUT2D eigenvalue weighted by Crippen LogP contribution is 2.34. The lowest BCUT2D eigenvalue weighted by molar-refractivity contribution is -0.385. The summed E-state index contributed by atoms with van der Waals surface area (Å²) in [5.41, 5.74) is -1.06. The van der Waals surface area contributed by atoms with E-state index in [1.165, 1.54) is 14.2 Å². The first-order valence-electron chi connectivity index (χ1n) is 6.53. The third-order valence-corrected chi connectivity index (χ3v) is 3.06. The molecule has 0 atom stereocenters. The summed E-state index contributed by atoms with van der Waals surface area (Å²) in [5.74, 6) is -2.55. The number of nitro benzene ring substituents is 1. The van der Waals surface area contributed by atoms with Gasteiger partial charge in [0.15, 0.2) is 11.5 Å². The van der Waals surface area contributed by atoms with Crippen molar-refractivity contribution in [2.24, 2.45) is 0 Å². The molecule has 0 fully saturated rings. The minimum atomic E-state index is -0.923. The Labute approximate surface area is 135 Å². The smallest absolute Gasteiger partial charge is 0.286 e. The van der Waals surface area contributed by atoms with Gasteiger partial charge >= 0.3 is 0 Å². The van der Waals surface area contributed by atoms with E-state index >= 15 is 0 Å². The number of nitrogens with zero attached hydrogens (tertiary/aromatic N) is 1. The average molecular weight is 338 g/mol. The molecule has 126 valence electrons. The first-order chi connectivity index (χ1) is 11.3. The molecule has 0 heterocycles. The molecule has 0 saturated heterocycles. The van der Waals surface area contributed by atoms with Gasteiger partial charge < -0.3 is 14.8 Å². The standard InChI is InChI=1S/C15H12F2N2O5/c1-23-13-6-11(12(19(21)22)7-14(13)24-2)15(20)18-10-4-8(16)3-9(17)5-10/h3-7H,1-2H3,(H,18,20). The number of rotatable bonds is 5. The predicted molar refractivity (Wildman–Crippen MR) is 80.5 cm³/mol. The molecular formula is C15H12F2N2O5. The van der Waals surface area contributed by atoms with Gasteiger partial charge in [-0.1, -0.05) is 0 Å². The summed E-state index contributed by atoms with van der Waals surface area (Å²) < 4.78 is 36.3. The SMILES string of the molecule is COc1cc(C(=O)Nc2cc(F)cc(F)c2)c([N+](=O)[O-])cc1OC. The lowest BCUT2D eigenvalue weighted by Gasteiger charge is -2.11. The van der Waals surface area contributed by atoms with Crippen LogP contribution in [-0.4, -0.2) is 25.1 Å². The highest BCUT2D eigenvalue weighted by molar-refractivity contribution is 6.07. The second-order valence-corrected chi connectivity index (χ2v) is 4.59. The maximum Gasteiger partial charge on any atom is 0.286 e. The van der Waals surface area contributed by atoms with Gasteiger partial charge in [-0.2, -0.15) is 0 Å². The van der Waals surface area contributed by atoms with Crippen LogP contribution in [0.4, 0.5) is 20.2 Å². The Morgan fingerprint density at radius 3 is 2.08 bits per heavy atom. The zero-order valence-electron chi connectivity index (χ0n) is 12.6. The predicted octanol–water partition coefficient (Wildman–Crippen LogP) is 3.14. The van der Waals surface area contributed by atoms with Crippen molar-refractivity contribution < 1.29 is 28.0 Å². The Morgan fingerprint density at radius 1 is 1.04 bits per heavy atom. The maximum absolute atomic E-state index is 13.2. The van der Waals surface area contributed by atoms with Gasteiger partial charge in [-0.05, 0) is 12.1 Å². The van der Waals surface area contributed by atoms with Crippen LogP contribution >= 0.6 is 0 Å². The van der Waals surface area contributed by atoms with E-state index in [4.69, 9.17) is 9.47 Å². The summed E-state index contributed by atoms with van der Waals surface area (Å²) in [4.78, 5) is 22.7. The third-order valence-electron chi connectivity index (χ3n) is 3.06. The van der Waals surface area contributed by atoms with Crippen molar-refractivity contribution >= 4 is 17.3 Å². The quantitative estimate of drug-likeness (QED) is 0.668. The van der Waals surface area contributed by atoms with Crippen LogP contribution in [0.25, 0.3) is 0 Å². The monoisotopic (exact) mass is 338 g/mol. The van der Waals surface area contributed by atoms with Crippen LogP contribution < -0.4 is 14.8 Å². The van der Waals surface area contributed by atoms with Gasteiger partial charge in [-0.25, -0.2) is 8.78 Å². The van der Waals surface area contributed by atoms with Crippen LogP contribution in [-0.2, 0) is 0 Å². The van der Waals surface area contributed by atoms with Gasteiger partial charge in [-0.15, -0.1) is 0 Å². The van der Waals surface area contributed by atoms with E-state index < -0.39 is 28.2 Å². The second kappa shape index (κ2) is 6.90. The normalized spacial score (nSPS) is 10.2. The van der Waals surface area contributed by atoms with Gasteiger partial charge in [0, 0.05) is 17.8 Å².